The number of esters is 1. The van der Waals surface area contributed by atoms with Gasteiger partial charge in [-0.1, -0.05) is 24.3 Å². The predicted molar refractivity (Wildman–Crippen MR) is 101 cm³/mol. The van der Waals surface area contributed by atoms with Gasteiger partial charge in [0.05, 0.1) is 19.8 Å². The van der Waals surface area contributed by atoms with Crippen LogP contribution in [-0.2, 0) is 23.7 Å². The lowest BCUT2D eigenvalue weighted by Crippen LogP contribution is -2.50. The molecule has 154 valence electrons. The molecule has 0 bridgehead atoms. The smallest absolute Gasteiger partial charge is 0.338 e. The van der Waals surface area contributed by atoms with Crippen LogP contribution in [0.3, 0.4) is 0 Å². The Hall–Kier alpha value is -1.93. The summed E-state index contributed by atoms with van der Waals surface area (Å²) in [6.45, 7) is 5.54. The number of fused-ring (bicyclic) bond motifs is 1. The van der Waals surface area contributed by atoms with Crippen molar-refractivity contribution in [1.29, 1.82) is 0 Å². The third-order valence-electron chi connectivity index (χ3n) is 4.46. The minimum atomic E-state index is -1.10. The van der Waals surface area contributed by atoms with Crippen LogP contribution in [-0.4, -0.2) is 54.8 Å². The molecule has 7 nitrogen and oxygen atoms in total. The summed E-state index contributed by atoms with van der Waals surface area (Å²) in [7, 11) is 1.61. The van der Waals surface area contributed by atoms with E-state index < -0.39 is 42.3 Å². The van der Waals surface area contributed by atoms with E-state index in [4.69, 9.17) is 23.7 Å². The molecule has 0 saturated carbocycles. The van der Waals surface area contributed by atoms with Crippen LogP contribution in [0.1, 0.15) is 39.0 Å². The SMILES string of the molecule is COc1ccc([C@@H]2OC[C@H]3O[C@@H](C(=O)OC(C)(C)C)[C@H](O)C/C=C\[C@@H]3O2)cc1. The minimum absolute atomic E-state index is 0.220. The van der Waals surface area contributed by atoms with Crippen LogP contribution < -0.4 is 4.74 Å². The van der Waals surface area contributed by atoms with Crippen molar-refractivity contribution < 1.29 is 33.6 Å². The lowest BCUT2D eigenvalue weighted by atomic mass is 10.0. The van der Waals surface area contributed by atoms with Gasteiger partial charge in [-0.3, -0.25) is 0 Å². The second-order valence-electron chi connectivity index (χ2n) is 7.90. The highest BCUT2D eigenvalue weighted by Crippen LogP contribution is 2.31. The summed E-state index contributed by atoms with van der Waals surface area (Å²) in [6, 6.07) is 7.44. The van der Waals surface area contributed by atoms with Crippen LogP contribution in [0.15, 0.2) is 36.4 Å². The van der Waals surface area contributed by atoms with Crippen LogP contribution in [0, 0.1) is 0 Å². The standard InChI is InChI=1S/C21H28O7/c1-21(2,3)28-19(23)18-15(22)6-5-7-16-17(26-18)12-25-20(27-16)13-8-10-14(24-4)11-9-13/h5,7-11,15-18,20,22H,6,12H2,1-4H3/b7-5-/t15-,16+,17-,18-,20-/m1/s1. The molecule has 0 aromatic heterocycles. The molecule has 1 fully saturated rings. The van der Waals surface area contributed by atoms with E-state index in [1.807, 2.05) is 30.3 Å². The number of hydrogen-bond acceptors (Lipinski definition) is 7. The summed E-state index contributed by atoms with van der Waals surface area (Å²) in [6.07, 6.45) is 0.343. The molecule has 1 aromatic rings. The number of carbonyl (C=O) groups is 1. The molecule has 7 heteroatoms. The number of aliphatic hydroxyl groups is 1. The Morgan fingerprint density at radius 1 is 1.18 bits per heavy atom. The highest BCUT2D eigenvalue weighted by atomic mass is 16.7. The number of hydrogen-bond donors (Lipinski definition) is 1. The average molecular weight is 392 g/mol. The summed E-state index contributed by atoms with van der Waals surface area (Å²) in [5.74, 6) is 0.159. The van der Waals surface area contributed by atoms with Gasteiger partial charge in [-0.25, -0.2) is 4.79 Å². The highest BCUT2D eigenvalue weighted by Gasteiger charge is 2.40. The van der Waals surface area contributed by atoms with Gasteiger partial charge in [-0.15, -0.1) is 0 Å². The van der Waals surface area contributed by atoms with Crippen LogP contribution in [0.25, 0.3) is 0 Å². The maximum absolute atomic E-state index is 12.5. The summed E-state index contributed by atoms with van der Waals surface area (Å²) in [5.41, 5.74) is 0.190. The van der Waals surface area contributed by atoms with E-state index in [2.05, 4.69) is 0 Å². The molecule has 0 spiro atoms. The first-order chi connectivity index (χ1) is 13.3. The van der Waals surface area contributed by atoms with Crippen molar-refractivity contribution in [3.05, 3.63) is 42.0 Å². The van der Waals surface area contributed by atoms with Crippen molar-refractivity contribution in [2.45, 2.75) is 63.5 Å². The number of carbonyl (C=O) groups excluding carboxylic acids is 1. The van der Waals surface area contributed by atoms with Gasteiger partial charge in [0.1, 0.15) is 23.6 Å². The van der Waals surface area contributed by atoms with Crippen molar-refractivity contribution in [3.8, 4) is 5.75 Å². The quantitative estimate of drug-likeness (QED) is 0.625. The number of ether oxygens (including phenoxy) is 5. The molecule has 3 rings (SSSR count). The molecule has 2 aliphatic rings. The first kappa shape index (κ1) is 20.8. The van der Waals surface area contributed by atoms with Crippen LogP contribution >= 0.6 is 0 Å². The van der Waals surface area contributed by atoms with Gasteiger partial charge in [-0.2, -0.15) is 0 Å². The second kappa shape index (κ2) is 8.61. The van der Waals surface area contributed by atoms with Gasteiger partial charge >= 0.3 is 5.97 Å². The Labute approximate surface area is 165 Å². The lowest BCUT2D eigenvalue weighted by Gasteiger charge is -2.38. The van der Waals surface area contributed by atoms with Crippen LogP contribution in [0.4, 0.5) is 0 Å². The summed E-state index contributed by atoms with van der Waals surface area (Å²) in [5, 5.41) is 10.3. The summed E-state index contributed by atoms with van der Waals surface area (Å²) < 4.78 is 28.3. The molecule has 1 saturated heterocycles. The van der Waals surface area contributed by atoms with Crippen molar-refractivity contribution in [3.63, 3.8) is 0 Å². The van der Waals surface area contributed by atoms with E-state index >= 15 is 0 Å². The van der Waals surface area contributed by atoms with E-state index in [1.54, 1.807) is 34.0 Å². The molecule has 0 amide bonds. The molecule has 1 N–H and O–H groups in total. The number of methoxy groups -OCH3 is 1. The fourth-order valence-corrected chi connectivity index (χ4v) is 3.10. The zero-order valence-electron chi connectivity index (χ0n) is 16.7. The Morgan fingerprint density at radius 2 is 1.89 bits per heavy atom. The maximum atomic E-state index is 12.5. The number of benzene rings is 1. The number of rotatable bonds is 3. The zero-order chi connectivity index (χ0) is 20.3. The van der Waals surface area contributed by atoms with Gasteiger partial charge in [0, 0.05) is 5.56 Å². The van der Waals surface area contributed by atoms with E-state index in [0.717, 1.165) is 11.3 Å². The minimum Gasteiger partial charge on any atom is -0.497 e. The van der Waals surface area contributed by atoms with Crippen molar-refractivity contribution in [2.75, 3.05) is 13.7 Å². The van der Waals surface area contributed by atoms with E-state index in [-0.39, 0.29) is 13.0 Å². The molecule has 5 atom stereocenters. The molecule has 2 aliphatic heterocycles. The van der Waals surface area contributed by atoms with Crippen LogP contribution in [0.5, 0.6) is 5.75 Å². The monoisotopic (exact) mass is 392 g/mol. The Bertz CT molecular complexity index is 692. The van der Waals surface area contributed by atoms with Gasteiger partial charge in [0.25, 0.3) is 0 Å². The van der Waals surface area contributed by atoms with Crippen molar-refractivity contribution in [1.82, 2.24) is 0 Å². The van der Waals surface area contributed by atoms with Gasteiger partial charge < -0.3 is 28.8 Å². The Kier molecular flexibility index (Phi) is 6.40. The zero-order valence-corrected chi connectivity index (χ0v) is 16.7. The molecular weight excluding hydrogens is 364 g/mol. The molecule has 2 heterocycles. The first-order valence-electron chi connectivity index (χ1n) is 9.41. The largest absolute Gasteiger partial charge is 0.497 e. The van der Waals surface area contributed by atoms with Gasteiger partial charge in [-0.05, 0) is 39.3 Å². The fraction of sp³-hybridized carbons (Fsp3) is 0.571. The van der Waals surface area contributed by atoms with Crippen LogP contribution in [0.2, 0.25) is 0 Å². The van der Waals surface area contributed by atoms with E-state index in [9.17, 15) is 9.90 Å². The third-order valence-corrected chi connectivity index (χ3v) is 4.46. The topological polar surface area (TPSA) is 83.5 Å². The first-order valence-corrected chi connectivity index (χ1v) is 9.41. The van der Waals surface area contributed by atoms with Crippen molar-refractivity contribution >= 4 is 5.97 Å². The Balaban J connectivity index is 1.71. The molecule has 28 heavy (non-hydrogen) atoms. The third kappa shape index (κ3) is 5.11. The molecule has 0 aliphatic carbocycles. The molecule has 0 radical (unpaired) electrons. The number of aliphatic hydroxyl groups excluding tert-OH is 1. The Morgan fingerprint density at radius 3 is 2.54 bits per heavy atom. The second-order valence-corrected chi connectivity index (χ2v) is 7.90. The highest BCUT2D eigenvalue weighted by molar-refractivity contribution is 5.76. The average Bonchev–Trinajstić information content (AvgIpc) is 2.63. The fourth-order valence-electron chi connectivity index (χ4n) is 3.10. The molecular formula is C21H28O7. The van der Waals surface area contributed by atoms with E-state index in [0.29, 0.717) is 0 Å². The maximum Gasteiger partial charge on any atom is 0.338 e. The predicted octanol–water partition coefficient (Wildman–Crippen LogP) is 2.53. The van der Waals surface area contributed by atoms with E-state index in [1.165, 1.54) is 0 Å². The molecule has 1 aromatic carbocycles. The molecule has 0 unspecified atom stereocenters. The lowest BCUT2D eigenvalue weighted by molar-refractivity contribution is -0.268. The van der Waals surface area contributed by atoms with Gasteiger partial charge in [0.2, 0.25) is 0 Å². The normalized spacial score (nSPS) is 31.8. The van der Waals surface area contributed by atoms with Crippen molar-refractivity contribution in [2.24, 2.45) is 0 Å². The summed E-state index contributed by atoms with van der Waals surface area (Å²) >= 11 is 0. The van der Waals surface area contributed by atoms with Gasteiger partial charge in [0.15, 0.2) is 12.4 Å². The summed E-state index contributed by atoms with van der Waals surface area (Å²) in [4.78, 5) is 12.5.